The highest BCUT2D eigenvalue weighted by Gasteiger charge is 2.24. The molecule has 3 aromatic rings. The molecule has 0 atom stereocenters. The molecule has 1 amide bonds. The monoisotopic (exact) mass is 471 g/mol. The summed E-state index contributed by atoms with van der Waals surface area (Å²) in [6, 6.07) is 14.3. The molecule has 2 aromatic carbocycles. The van der Waals surface area contributed by atoms with E-state index in [2.05, 4.69) is 36.6 Å². The third-order valence-corrected chi connectivity index (χ3v) is 5.36. The van der Waals surface area contributed by atoms with E-state index in [0.717, 1.165) is 24.5 Å². The zero-order valence-corrected chi connectivity index (χ0v) is 19.0. The van der Waals surface area contributed by atoms with Gasteiger partial charge in [0.2, 0.25) is 5.91 Å². The summed E-state index contributed by atoms with van der Waals surface area (Å²) in [7, 11) is 3.48. The topological polar surface area (TPSA) is 134 Å². The lowest BCUT2D eigenvalue weighted by Gasteiger charge is -2.21. The van der Waals surface area contributed by atoms with Crippen molar-refractivity contribution in [1.82, 2.24) is 14.9 Å². The second-order valence-electron chi connectivity index (χ2n) is 7.80. The number of hydrogen-bond donors (Lipinski definition) is 2. The molecule has 11 heteroatoms. The predicted molar refractivity (Wildman–Crippen MR) is 127 cm³/mol. The number of rotatable bonds is 6. The number of fused-ring (bicyclic) bond motifs is 1. The zero-order valence-electron chi connectivity index (χ0n) is 19.0. The van der Waals surface area contributed by atoms with E-state index in [-0.39, 0.29) is 30.0 Å². The van der Waals surface area contributed by atoms with Crippen LogP contribution in [0.25, 0.3) is 0 Å². The number of amides is 1. The van der Waals surface area contributed by atoms with Crippen molar-refractivity contribution in [2.45, 2.75) is 0 Å². The first-order chi connectivity index (χ1) is 17.0. The number of aliphatic imine (C=N–C) groups is 1. The number of anilines is 2. The number of carbonyl (C=O) groups is 1. The van der Waals surface area contributed by atoms with Crippen LogP contribution in [0.1, 0.15) is 11.1 Å². The summed E-state index contributed by atoms with van der Waals surface area (Å²) < 4.78 is 17.2. The quantitative estimate of drug-likeness (QED) is 0.556. The van der Waals surface area contributed by atoms with Crippen molar-refractivity contribution in [1.29, 1.82) is 5.26 Å². The molecule has 0 saturated heterocycles. The Kier molecular flexibility index (Phi) is 5.76. The van der Waals surface area contributed by atoms with Gasteiger partial charge in [0.05, 0.1) is 31.8 Å². The third kappa shape index (κ3) is 4.63. The number of likely N-dealkylation sites (N-methyl/N-ethyl adjacent to an activating group) is 1. The number of ether oxygens (including phenoxy) is 3. The predicted octanol–water partition coefficient (Wildman–Crippen LogP) is 3.00. The molecule has 35 heavy (non-hydrogen) atoms. The van der Waals surface area contributed by atoms with E-state index in [9.17, 15) is 10.1 Å². The van der Waals surface area contributed by atoms with Gasteiger partial charge in [-0.15, -0.1) is 0 Å². The van der Waals surface area contributed by atoms with Crippen LogP contribution >= 0.6 is 0 Å². The van der Waals surface area contributed by atoms with Gasteiger partial charge in [-0.3, -0.25) is 9.79 Å². The van der Waals surface area contributed by atoms with Crippen LogP contribution in [0, 0.1) is 11.3 Å². The first-order valence-electron chi connectivity index (χ1n) is 10.8. The average Bonchev–Trinajstić information content (AvgIpc) is 3.30. The number of carbonyl (C=O) groups excluding carboxylic acids is 1. The van der Waals surface area contributed by atoms with Crippen molar-refractivity contribution in [2.24, 2.45) is 4.99 Å². The van der Waals surface area contributed by atoms with Crippen LogP contribution in [-0.2, 0) is 4.79 Å². The number of benzene rings is 2. The smallest absolute Gasteiger partial charge is 0.327 e. The Labute approximate surface area is 201 Å². The molecule has 5 rings (SSSR count). The Balaban J connectivity index is 1.49. The largest absolute Gasteiger partial charge is 0.497 e. The van der Waals surface area contributed by atoms with Crippen molar-refractivity contribution in [3.63, 3.8) is 0 Å². The van der Waals surface area contributed by atoms with Crippen LogP contribution in [0.4, 0.5) is 11.5 Å². The van der Waals surface area contributed by atoms with Gasteiger partial charge < -0.3 is 29.7 Å². The molecule has 2 N–H and O–H groups in total. The maximum Gasteiger partial charge on any atom is 0.327 e. The first kappa shape index (κ1) is 22.0. The Morgan fingerprint density at radius 1 is 1.09 bits per heavy atom. The second kappa shape index (κ2) is 9.18. The summed E-state index contributed by atoms with van der Waals surface area (Å²) in [5.74, 6) is 2.29. The zero-order chi connectivity index (χ0) is 24.4. The lowest BCUT2D eigenvalue weighted by Crippen LogP contribution is -2.28. The highest BCUT2D eigenvalue weighted by atomic mass is 16.5. The molecule has 2 aliphatic rings. The molecule has 0 spiro atoms. The molecule has 176 valence electrons. The number of methoxy groups -OCH3 is 1. The minimum absolute atomic E-state index is 0.0182. The molecule has 2 aliphatic heterocycles. The van der Waals surface area contributed by atoms with E-state index in [1.165, 1.54) is 13.2 Å². The van der Waals surface area contributed by atoms with Crippen LogP contribution in [0.2, 0.25) is 0 Å². The number of nitrogens with zero attached hydrogens (tertiary/aromatic N) is 5. The maximum atomic E-state index is 12.0. The van der Waals surface area contributed by atoms with E-state index in [4.69, 9.17) is 14.2 Å². The van der Waals surface area contributed by atoms with E-state index < -0.39 is 0 Å². The molecule has 0 bridgehead atoms. The average molecular weight is 471 g/mol. The van der Waals surface area contributed by atoms with Crippen LogP contribution < -0.4 is 24.8 Å². The van der Waals surface area contributed by atoms with Crippen LogP contribution in [0.3, 0.4) is 0 Å². The normalized spacial score (nSPS) is 14.3. The summed E-state index contributed by atoms with van der Waals surface area (Å²) in [6.07, 6.45) is 0. The van der Waals surface area contributed by atoms with Gasteiger partial charge in [-0.05, 0) is 24.3 Å². The molecule has 3 heterocycles. The SMILES string of the molecule is COc1cc(C#N)cc(Oc2nc(Oc3cccc(C4=NCCN4C)c3)nc3c2NC(=O)CN3)c1. The van der Waals surface area contributed by atoms with Gasteiger partial charge in [0.15, 0.2) is 5.82 Å². The Morgan fingerprint density at radius 2 is 1.94 bits per heavy atom. The summed E-state index contributed by atoms with van der Waals surface area (Å²) in [6.45, 7) is 1.66. The molecule has 0 saturated carbocycles. The highest BCUT2D eigenvalue weighted by Crippen LogP contribution is 2.38. The van der Waals surface area contributed by atoms with E-state index in [1.807, 2.05) is 25.2 Å². The molecule has 1 aromatic heterocycles. The van der Waals surface area contributed by atoms with Crippen molar-refractivity contribution in [2.75, 3.05) is 44.4 Å². The summed E-state index contributed by atoms with van der Waals surface area (Å²) in [4.78, 5) is 27.4. The first-order valence-corrected chi connectivity index (χ1v) is 10.8. The van der Waals surface area contributed by atoms with Crippen LogP contribution in [0.5, 0.6) is 29.1 Å². The summed E-state index contributed by atoms with van der Waals surface area (Å²) in [5.41, 5.74) is 1.53. The second-order valence-corrected chi connectivity index (χ2v) is 7.80. The molecule has 0 unspecified atom stereocenters. The van der Waals surface area contributed by atoms with Gasteiger partial charge in [-0.1, -0.05) is 12.1 Å². The van der Waals surface area contributed by atoms with Crippen LogP contribution in [-0.4, -0.2) is 60.4 Å². The van der Waals surface area contributed by atoms with Gasteiger partial charge in [0, 0.05) is 25.2 Å². The molecule has 0 radical (unpaired) electrons. The molecule has 0 fully saturated rings. The fourth-order valence-electron chi connectivity index (χ4n) is 3.70. The fraction of sp³-hybridized carbons (Fsp3) is 0.208. The lowest BCUT2D eigenvalue weighted by atomic mass is 10.2. The third-order valence-electron chi connectivity index (χ3n) is 5.36. The van der Waals surface area contributed by atoms with Gasteiger partial charge in [0.1, 0.15) is 28.8 Å². The van der Waals surface area contributed by atoms with E-state index in [0.29, 0.717) is 28.6 Å². The molecular weight excluding hydrogens is 450 g/mol. The van der Waals surface area contributed by atoms with Gasteiger partial charge in [-0.25, -0.2) is 0 Å². The fourth-order valence-corrected chi connectivity index (χ4v) is 3.70. The summed E-state index contributed by atoms with van der Waals surface area (Å²) in [5, 5.41) is 15.0. The molecule has 0 aliphatic carbocycles. The number of hydrogen-bond acceptors (Lipinski definition) is 10. The summed E-state index contributed by atoms with van der Waals surface area (Å²) >= 11 is 0. The van der Waals surface area contributed by atoms with Crippen molar-refractivity contribution in [3.05, 3.63) is 53.6 Å². The minimum Gasteiger partial charge on any atom is -0.497 e. The van der Waals surface area contributed by atoms with Gasteiger partial charge >= 0.3 is 6.01 Å². The van der Waals surface area contributed by atoms with Crippen molar-refractivity contribution < 1.29 is 19.0 Å². The highest BCUT2D eigenvalue weighted by molar-refractivity contribution is 6.01. The standard InChI is InChI=1S/C24H21N7O4/c1-31-7-6-26-22(31)15-4-3-5-16(10-15)35-24-29-21-20(28-19(32)13-27-21)23(30-24)34-18-9-14(12-25)8-17(11-18)33-2/h3-5,8-11H,6-7,13H2,1-2H3,(H,28,32)(H,27,29,30). The van der Waals surface area contributed by atoms with Crippen molar-refractivity contribution in [3.8, 4) is 35.2 Å². The number of nitrogens with one attached hydrogen (secondary N) is 2. The van der Waals surface area contributed by atoms with Gasteiger partial charge in [0.25, 0.3) is 5.88 Å². The van der Waals surface area contributed by atoms with Crippen molar-refractivity contribution >= 4 is 23.2 Å². The maximum absolute atomic E-state index is 12.0. The number of nitriles is 1. The Hall–Kier alpha value is -4.85. The molecule has 11 nitrogen and oxygen atoms in total. The van der Waals surface area contributed by atoms with E-state index >= 15 is 0 Å². The van der Waals surface area contributed by atoms with Crippen LogP contribution in [0.15, 0.2) is 47.5 Å². The lowest BCUT2D eigenvalue weighted by molar-refractivity contribution is -0.114. The van der Waals surface area contributed by atoms with Gasteiger partial charge in [-0.2, -0.15) is 15.2 Å². The Morgan fingerprint density at radius 3 is 2.71 bits per heavy atom. The van der Waals surface area contributed by atoms with E-state index in [1.54, 1.807) is 18.2 Å². The minimum atomic E-state index is -0.267. The molecular formula is C24H21N7O4. The number of amidine groups is 1. The number of aromatic nitrogens is 2. The Bertz CT molecular complexity index is 1380.